The lowest BCUT2D eigenvalue weighted by molar-refractivity contribution is 0.669. The van der Waals surface area contributed by atoms with E-state index in [1.165, 1.54) is 43.4 Å². The number of hydrogen-bond acceptors (Lipinski definition) is 5. The minimum Gasteiger partial charge on any atom is -0.456 e. The molecular weight excluding hydrogens is 773 g/mol. The Labute approximate surface area is 358 Å². The van der Waals surface area contributed by atoms with Crippen molar-refractivity contribution < 1.29 is 8.83 Å². The predicted molar refractivity (Wildman–Crippen MR) is 258 cm³/mol. The van der Waals surface area contributed by atoms with E-state index >= 15 is 0 Å². The summed E-state index contributed by atoms with van der Waals surface area (Å²) in [6, 6.07) is 68.1. The van der Waals surface area contributed by atoms with E-state index < -0.39 is 0 Å². The predicted octanol–water partition coefficient (Wildman–Crippen LogP) is 15.2. The van der Waals surface area contributed by atoms with E-state index in [1.54, 1.807) is 0 Å². The summed E-state index contributed by atoms with van der Waals surface area (Å²) in [5.41, 5.74) is 9.27. The van der Waals surface area contributed by atoms with E-state index in [2.05, 4.69) is 132 Å². The summed E-state index contributed by atoms with van der Waals surface area (Å²) in [6.45, 7) is 0. The molecule has 14 aromatic rings. The molecule has 0 fully saturated rings. The van der Waals surface area contributed by atoms with Crippen LogP contribution < -0.4 is 0 Å². The fourth-order valence-corrected chi connectivity index (χ4v) is 9.92. The third-order valence-electron chi connectivity index (χ3n) is 12.8. The van der Waals surface area contributed by atoms with E-state index in [0.717, 1.165) is 77.0 Å². The van der Waals surface area contributed by atoms with E-state index in [-0.39, 0.29) is 0 Å². The number of furan rings is 2. The fourth-order valence-electron chi connectivity index (χ4n) is 9.92. The molecule has 0 aliphatic rings. The molecule has 4 aromatic heterocycles. The van der Waals surface area contributed by atoms with Gasteiger partial charge in [0.05, 0.1) is 11.0 Å². The highest BCUT2D eigenvalue weighted by Crippen LogP contribution is 2.43. The minimum atomic E-state index is 0.562. The van der Waals surface area contributed by atoms with Gasteiger partial charge in [-0.15, -0.1) is 0 Å². The number of fused-ring (bicyclic) bond motifs is 14. The van der Waals surface area contributed by atoms with Gasteiger partial charge < -0.3 is 13.4 Å². The van der Waals surface area contributed by atoms with Gasteiger partial charge in [0.1, 0.15) is 22.3 Å². The van der Waals surface area contributed by atoms with Crippen molar-refractivity contribution in [1.29, 1.82) is 0 Å². The molecule has 6 heteroatoms. The molecule has 0 amide bonds. The monoisotopic (exact) mass is 804 g/mol. The highest BCUT2D eigenvalue weighted by atomic mass is 16.3. The maximum atomic E-state index is 6.64. The smallest absolute Gasteiger partial charge is 0.164 e. The van der Waals surface area contributed by atoms with Crippen molar-refractivity contribution in [1.82, 2.24) is 19.5 Å². The molecule has 6 nitrogen and oxygen atoms in total. The Hall–Kier alpha value is -8.61. The molecule has 0 radical (unpaired) electrons. The van der Waals surface area contributed by atoms with Gasteiger partial charge in [-0.1, -0.05) is 133 Å². The SMILES string of the molecule is c1ccc(-c2nc(-c3ccc4c(c3)oc3ccccc34)nc(-c3cccc4oc5ccc6cc(-n7c8cc9ccccc9cc8c8c9ccccc9ccc87)ccc6c5c34)n2)cc1. The molecule has 4 heterocycles. The number of nitrogens with zero attached hydrogens (tertiary/aromatic N) is 4. The highest BCUT2D eigenvalue weighted by Gasteiger charge is 2.21. The first-order chi connectivity index (χ1) is 31.2. The first-order valence-electron chi connectivity index (χ1n) is 21.2. The zero-order chi connectivity index (χ0) is 41.2. The Morgan fingerprint density at radius 3 is 1.86 bits per heavy atom. The molecule has 0 saturated carbocycles. The normalized spacial score (nSPS) is 12.1. The van der Waals surface area contributed by atoms with E-state index in [0.29, 0.717) is 17.5 Å². The standard InChI is InChI=1S/C57H32N4O2/c1-2-12-34(13-3-1)55-58-56(38-21-25-43-42-17-8-9-19-48(42)62-51(43)32-38)60-57(59-55)44-18-10-20-49-54(44)53-41-26-24-39(29-37(41)23-28-50(53)63-49)61-46-27-22-33-11-6-7-16-40(33)52(46)45-30-35-14-4-5-15-36(35)31-47(45)61/h1-32H. The van der Waals surface area contributed by atoms with Crippen molar-refractivity contribution >= 4 is 98.0 Å². The highest BCUT2D eigenvalue weighted by molar-refractivity contribution is 6.25. The van der Waals surface area contributed by atoms with Crippen molar-refractivity contribution in [2.45, 2.75) is 0 Å². The minimum absolute atomic E-state index is 0.562. The van der Waals surface area contributed by atoms with Crippen molar-refractivity contribution in [3.8, 4) is 39.9 Å². The lowest BCUT2D eigenvalue weighted by atomic mass is 9.99. The van der Waals surface area contributed by atoms with E-state index in [4.69, 9.17) is 23.8 Å². The molecule has 0 aliphatic heterocycles. The molecule has 292 valence electrons. The molecule has 0 aliphatic carbocycles. The molecular formula is C57H32N4O2. The summed E-state index contributed by atoms with van der Waals surface area (Å²) >= 11 is 0. The van der Waals surface area contributed by atoms with E-state index in [1.807, 2.05) is 66.7 Å². The van der Waals surface area contributed by atoms with Crippen molar-refractivity contribution in [2.75, 3.05) is 0 Å². The van der Waals surface area contributed by atoms with Crippen molar-refractivity contribution in [3.05, 3.63) is 194 Å². The molecule has 0 N–H and O–H groups in total. The van der Waals surface area contributed by atoms with Gasteiger partial charge in [-0.05, 0) is 93.0 Å². The summed E-state index contributed by atoms with van der Waals surface area (Å²) in [5.74, 6) is 1.72. The molecule has 0 saturated heterocycles. The Bertz CT molecular complexity index is 4220. The number of rotatable bonds is 4. The van der Waals surface area contributed by atoms with Gasteiger partial charge in [-0.2, -0.15) is 0 Å². The lowest BCUT2D eigenvalue weighted by Crippen LogP contribution is -2.00. The topological polar surface area (TPSA) is 69.9 Å². The summed E-state index contributed by atoms with van der Waals surface area (Å²) in [4.78, 5) is 15.4. The second-order valence-electron chi connectivity index (χ2n) is 16.3. The molecule has 10 aromatic carbocycles. The van der Waals surface area contributed by atoms with Crippen molar-refractivity contribution in [3.63, 3.8) is 0 Å². The zero-order valence-corrected chi connectivity index (χ0v) is 33.6. The van der Waals surface area contributed by atoms with Crippen LogP contribution in [-0.4, -0.2) is 19.5 Å². The third kappa shape index (κ3) is 5.09. The van der Waals surface area contributed by atoms with Crippen molar-refractivity contribution in [2.24, 2.45) is 0 Å². The van der Waals surface area contributed by atoms with Crippen LogP contribution in [0.4, 0.5) is 0 Å². The number of aromatic nitrogens is 4. The Balaban J connectivity index is 0.986. The van der Waals surface area contributed by atoms with Crippen LogP contribution in [0.1, 0.15) is 0 Å². The average Bonchev–Trinajstić information content (AvgIpc) is 4.02. The molecule has 14 rings (SSSR count). The maximum Gasteiger partial charge on any atom is 0.164 e. The summed E-state index contributed by atoms with van der Waals surface area (Å²) in [7, 11) is 0. The molecule has 0 spiro atoms. The van der Waals surface area contributed by atoms with Gasteiger partial charge in [-0.3, -0.25) is 0 Å². The van der Waals surface area contributed by atoms with Gasteiger partial charge in [0.15, 0.2) is 17.5 Å². The largest absolute Gasteiger partial charge is 0.456 e. The Morgan fingerprint density at radius 1 is 0.317 bits per heavy atom. The Morgan fingerprint density at radius 2 is 0.968 bits per heavy atom. The van der Waals surface area contributed by atoms with Crippen LogP contribution in [-0.2, 0) is 0 Å². The maximum absolute atomic E-state index is 6.64. The van der Waals surface area contributed by atoms with Gasteiger partial charge >= 0.3 is 0 Å². The number of hydrogen-bond donors (Lipinski definition) is 0. The first-order valence-corrected chi connectivity index (χ1v) is 21.2. The van der Waals surface area contributed by atoms with E-state index in [9.17, 15) is 0 Å². The second-order valence-corrected chi connectivity index (χ2v) is 16.3. The van der Waals surface area contributed by atoms with Gasteiger partial charge in [0.25, 0.3) is 0 Å². The van der Waals surface area contributed by atoms with Crippen LogP contribution in [0.15, 0.2) is 203 Å². The second kappa shape index (κ2) is 12.9. The summed E-state index contributed by atoms with van der Waals surface area (Å²) in [5, 5.41) is 13.7. The Kier molecular flexibility index (Phi) is 7.02. The van der Waals surface area contributed by atoms with Crippen LogP contribution in [0.5, 0.6) is 0 Å². The first kappa shape index (κ1) is 34.1. The van der Waals surface area contributed by atoms with Crippen LogP contribution in [0.2, 0.25) is 0 Å². The number of para-hydroxylation sites is 1. The molecule has 0 bridgehead atoms. The van der Waals surface area contributed by atoms with Gasteiger partial charge in [0, 0.05) is 54.7 Å². The zero-order valence-electron chi connectivity index (χ0n) is 33.6. The lowest BCUT2D eigenvalue weighted by Gasteiger charge is -2.11. The van der Waals surface area contributed by atoms with Gasteiger partial charge in [-0.25, -0.2) is 15.0 Å². The molecule has 0 unspecified atom stereocenters. The van der Waals surface area contributed by atoms with Crippen LogP contribution in [0.3, 0.4) is 0 Å². The third-order valence-corrected chi connectivity index (χ3v) is 12.8. The van der Waals surface area contributed by atoms with Crippen LogP contribution >= 0.6 is 0 Å². The summed E-state index contributed by atoms with van der Waals surface area (Å²) < 4.78 is 15.4. The summed E-state index contributed by atoms with van der Waals surface area (Å²) in [6.07, 6.45) is 0. The van der Waals surface area contributed by atoms with Crippen LogP contribution in [0.25, 0.3) is 138 Å². The van der Waals surface area contributed by atoms with Gasteiger partial charge in [0.2, 0.25) is 0 Å². The number of benzene rings is 10. The van der Waals surface area contributed by atoms with Crippen LogP contribution in [0, 0.1) is 0 Å². The quantitative estimate of drug-likeness (QED) is 0.177. The fraction of sp³-hybridized carbons (Fsp3) is 0. The molecule has 63 heavy (non-hydrogen) atoms. The molecule has 0 atom stereocenters. The average molecular weight is 805 g/mol.